The minimum atomic E-state index is -2.65. The van der Waals surface area contributed by atoms with Gasteiger partial charge >= 0.3 is 5.97 Å². The number of alkyl halides is 2. The van der Waals surface area contributed by atoms with E-state index in [4.69, 9.17) is 4.74 Å². The molecule has 0 spiro atoms. The first-order valence-electron chi connectivity index (χ1n) is 11.0. The Balaban J connectivity index is 1.62. The third kappa shape index (κ3) is 6.48. The number of likely N-dealkylation sites (tertiary alicyclic amines) is 1. The van der Waals surface area contributed by atoms with Crippen LogP contribution in [0.1, 0.15) is 69.9 Å². The fourth-order valence-electron chi connectivity index (χ4n) is 4.22. The van der Waals surface area contributed by atoms with E-state index in [0.717, 1.165) is 0 Å². The summed E-state index contributed by atoms with van der Waals surface area (Å²) in [5.74, 6) is -1.08. The molecule has 0 saturated carbocycles. The number of anilines is 1. The Kier molecular flexibility index (Phi) is 7.48. The van der Waals surface area contributed by atoms with Gasteiger partial charge in [0, 0.05) is 17.7 Å². The fourth-order valence-corrected chi connectivity index (χ4v) is 4.22. The number of hydrogen-bond acceptors (Lipinski definition) is 6. The zero-order valence-electron chi connectivity index (χ0n) is 18.7. The van der Waals surface area contributed by atoms with Crippen LogP contribution in [0.15, 0.2) is 18.2 Å². The number of halogens is 2. The van der Waals surface area contributed by atoms with Gasteiger partial charge in [-0.3, -0.25) is 24.6 Å². The number of amides is 2. The SMILES string of the molecule is CC(C)(C)OC(=O)CN1CCC(c2ccc(NC3CCC(=O)NC3=O)cc2C(F)F)CC1. The summed E-state index contributed by atoms with van der Waals surface area (Å²) in [5, 5.41) is 5.22. The molecule has 9 heteroatoms. The second kappa shape index (κ2) is 9.94. The maximum absolute atomic E-state index is 13.9. The standard InChI is InChI=1S/C23H31F2N3O4/c1-23(2,3)32-20(30)13-28-10-8-14(9-11-28)16-5-4-15(12-17(16)21(24)25)26-18-6-7-19(29)27-22(18)31/h4-5,12,14,18,21,26H,6-11,13H2,1-3H3,(H,27,29,31). The van der Waals surface area contributed by atoms with Crippen LogP contribution in [0.25, 0.3) is 0 Å². The van der Waals surface area contributed by atoms with E-state index in [1.807, 2.05) is 25.7 Å². The van der Waals surface area contributed by atoms with Gasteiger partial charge in [-0.05, 0) is 76.7 Å². The van der Waals surface area contributed by atoms with Crippen LogP contribution >= 0.6 is 0 Å². The number of nitrogens with zero attached hydrogens (tertiary/aromatic N) is 1. The van der Waals surface area contributed by atoms with Crippen LogP contribution in [0.4, 0.5) is 14.5 Å². The summed E-state index contributed by atoms with van der Waals surface area (Å²) in [7, 11) is 0. The minimum Gasteiger partial charge on any atom is -0.459 e. The van der Waals surface area contributed by atoms with Gasteiger partial charge in [-0.25, -0.2) is 8.78 Å². The molecular formula is C23H31F2N3O4. The first kappa shape index (κ1) is 24.1. The van der Waals surface area contributed by atoms with E-state index in [9.17, 15) is 23.2 Å². The molecule has 0 aliphatic carbocycles. The van der Waals surface area contributed by atoms with E-state index in [0.29, 0.717) is 43.6 Å². The Hall–Kier alpha value is -2.55. The minimum absolute atomic E-state index is 0.0291. The fraction of sp³-hybridized carbons (Fsp3) is 0.609. The van der Waals surface area contributed by atoms with Crippen molar-refractivity contribution in [3.05, 3.63) is 29.3 Å². The zero-order valence-corrected chi connectivity index (χ0v) is 18.7. The molecule has 2 amide bonds. The first-order chi connectivity index (χ1) is 15.0. The van der Waals surface area contributed by atoms with Crippen molar-refractivity contribution in [2.45, 2.75) is 70.4 Å². The zero-order chi connectivity index (χ0) is 23.5. The molecule has 1 aromatic rings. The second-order valence-electron chi connectivity index (χ2n) is 9.43. The van der Waals surface area contributed by atoms with Gasteiger partial charge in [-0.1, -0.05) is 6.07 Å². The predicted molar refractivity (Wildman–Crippen MR) is 115 cm³/mol. The smallest absolute Gasteiger partial charge is 0.320 e. The molecule has 32 heavy (non-hydrogen) atoms. The highest BCUT2D eigenvalue weighted by Crippen LogP contribution is 2.36. The molecule has 0 radical (unpaired) electrons. The number of carbonyl (C=O) groups is 3. The van der Waals surface area contributed by atoms with Crippen molar-refractivity contribution in [2.24, 2.45) is 0 Å². The average Bonchev–Trinajstić information content (AvgIpc) is 2.69. The number of esters is 1. The summed E-state index contributed by atoms with van der Waals surface area (Å²) >= 11 is 0. The summed E-state index contributed by atoms with van der Waals surface area (Å²) in [6.07, 6.45) is -0.768. The van der Waals surface area contributed by atoms with E-state index in [1.54, 1.807) is 12.1 Å². The summed E-state index contributed by atoms with van der Waals surface area (Å²) in [4.78, 5) is 37.3. The molecule has 2 N–H and O–H groups in total. The van der Waals surface area contributed by atoms with Crippen molar-refractivity contribution in [1.29, 1.82) is 0 Å². The average molecular weight is 452 g/mol. The molecule has 2 aliphatic heterocycles. The number of rotatable bonds is 6. The van der Waals surface area contributed by atoms with Crippen LogP contribution in [0.5, 0.6) is 0 Å². The molecule has 2 heterocycles. The molecule has 2 saturated heterocycles. The van der Waals surface area contributed by atoms with Gasteiger partial charge in [0.2, 0.25) is 11.8 Å². The van der Waals surface area contributed by atoms with Crippen molar-refractivity contribution in [3.8, 4) is 0 Å². The maximum Gasteiger partial charge on any atom is 0.320 e. The van der Waals surface area contributed by atoms with Gasteiger partial charge < -0.3 is 10.1 Å². The van der Waals surface area contributed by atoms with Crippen LogP contribution in [0.3, 0.4) is 0 Å². The molecule has 1 aromatic carbocycles. The molecule has 176 valence electrons. The molecule has 1 unspecified atom stereocenters. The monoisotopic (exact) mass is 451 g/mol. The van der Waals surface area contributed by atoms with Gasteiger partial charge in [0.1, 0.15) is 11.6 Å². The van der Waals surface area contributed by atoms with E-state index in [1.165, 1.54) is 6.07 Å². The lowest BCUT2D eigenvalue weighted by Crippen LogP contribution is -2.47. The largest absolute Gasteiger partial charge is 0.459 e. The second-order valence-corrected chi connectivity index (χ2v) is 9.43. The molecule has 0 bridgehead atoms. The Labute approximate surface area is 186 Å². The summed E-state index contributed by atoms with van der Waals surface area (Å²) in [5.41, 5.74) is 0.449. The van der Waals surface area contributed by atoms with E-state index < -0.39 is 24.0 Å². The van der Waals surface area contributed by atoms with E-state index >= 15 is 0 Å². The van der Waals surface area contributed by atoms with Crippen LogP contribution in [-0.4, -0.2) is 54.0 Å². The number of imide groups is 1. The quantitative estimate of drug-likeness (QED) is 0.510. The maximum atomic E-state index is 13.9. The Morgan fingerprint density at radius 1 is 1.22 bits per heavy atom. The Morgan fingerprint density at radius 3 is 2.50 bits per heavy atom. The molecular weight excluding hydrogens is 420 g/mol. The summed E-state index contributed by atoms with van der Waals surface area (Å²) < 4.78 is 33.1. The van der Waals surface area contributed by atoms with Gasteiger partial charge in [0.05, 0.1) is 6.54 Å². The van der Waals surface area contributed by atoms with Crippen LogP contribution in [0.2, 0.25) is 0 Å². The molecule has 2 fully saturated rings. The highest BCUT2D eigenvalue weighted by Gasteiger charge is 2.29. The van der Waals surface area contributed by atoms with Crippen molar-refractivity contribution in [2.75, 3.05) is 25.0 Å². The highest BCUT2D eigenvalue weighted by atomic mass is 19.3. The number of piperidine rings is 2. The van der Waals surface area contributed by atoms with Crippen molar-refractivity contribution >= 4 is 23.5 Å². The first-order valence-corrected chi connectivity index (χ1v) is 11.0. The van der Waals surface area contributed by atoms with Gasteiger partial charge in [0.25, 0.3) is 6.43 Å². The molecule has 0 aromatic heterocycles. The van der Waals surface area contributed by atoms with Crippen molar-refractivity contribution < 1.29 is 27.9 Å². The normalized spacial score (nSPS) is 20.9. The van der Waals surface area contributed by atoms with Crippen LogP contribution < -0.4 is 10.6 Å². The summed E-state index contributed by atoms with van der Waals surface area (Å²) in [6.45, 7) is 6.91. The summed E-state index contributed by atoms with van der Waals surface area (Å²) in [6, 6.07) is 4.18. The lowest BCUT2D eigenvalue weighted by Gasteiger charge is -2.33. The number of nitrogens with one attached hydrogen (secondary N) is 2. The van der Waals surface area contributed by atoms with Gasteiger partial charge in [-0.2, -0.15) is 0 Å². The lowest BCUT2D eigenvalue weighted by molar-refractivity contribution is -0.156. The lowest BCUT2D eigenvalue weighted by atomic mass is 9.86. The molecule has 2 aliphatic rings. The van der Waals surface area contributed by atoms with Crippen LogP contribution in [-0.2, 0) is 19.1 Å². The predicted octanol–water partition coefficient (Wildman–Crippen LogP) is 3.36. The number of benzene rings is 1. The Bertz CT molecular complexity index is 861. The number of ether oxygens (including phenoxy) is 1. The number of hydrogen-bond donors (Lipinski definition) is 2. The van der Waals surface area contributed by atoms with Crippen LogP contribution in [0, 0.1) is 0 Å². The third-order valence-corrected chi connectivity index (χ3v) is 5.70. The van der Waals surface area contributed by atoms with E-state index in [-0.39, 0.29) is 36.3 Å². The topological polar surface area (TPSA) is 87.7 Å². The van der Waals surface area contributed by atoms with Gasteiger partial charge in [-0.15, -0.1) is 0 Å². The molecule has 1 atom stereocenters. The van der Waals surface area contributed by atoms with Crippen molar-refractivity contribution in [1.82, 2.24) is 10.2 Å². The van der Waals surface area contributed by atoms with Gasteiger partial charge in [0.15, 0.2) is 0 Å². The third-order valence-electron chi connectivity index (χ3n) is 5.70. The van der Waals surface area contributed by atoms with E-state index in [2.05, 4.69) is 10.6 Å². The Morgan fingerprint density at radius 2 is 1.91 bits per heavy atom. The van der Waals surface area contributed by atoms with Crippen molar-refractivity contribution in [3.63, 3.8) is 0 Å². The molecule has 3 rings (SSSR count). The number of carbonyl (C=O) groups excluding carboxylic acids is 3. The molecule has 7 nitrogen and oxygen atoms in total. The highest BCUT2D eigenvalue weighted by molar-refractivity contribution is 6.01.